The van der Waals surface area contributed by atoms with E-state index in [0.29, 0.717) is 52.4 Å². The summed E-state index contributed by atoms with van der Waals surface area (Å²) < 4.78 is 28.2. The molecular weight excluding hydrogens is 316 g/mol. The van der Waals surface area contributed by atoms with Gasteiger partial charge in [-0.05, 0) is 25.9 Å². The van der Waals surface area contributed by atoms with Crippen molar-refractivity contribution in [3.63, 3.8) is 0 Å². The van der Waals surface area contributed by atoms with E-state index in [9.17, 15) is 13.5 Å². The molecule has 2 heterocycles. The highest BCUT2D eigenvalue weighted by atomic mass is 32.2. The Morgan fingerprint density at radius 3 is 2.00 bits per heavy atom. The van der Waals surface area contributed by atoms with Crippen molar-refractivity contribution in [1.29, 1.82) is 0 Å². The van der Waals surface area contributed by atoms with Crippen LogP contribution in [0.25, 0.3) is 0 Å². The smallest absolute Gasteiger partial charge is 0.282 e. The highest BCUT2D eigenvalue weighted by Gasteiger charge is 2.33. The normalized spacial score (nSPS) is 23.7. The Hall–Kier alpha value is -0.250. The number of aliphatic hydroxyl groups excluding tert-OH is 1. The van der Waals surface area contributed by atoms with Crippen LogP contribution < -0.4 is 0 Å². The van der Waals surface area contributed by atoms with Crippen molar-refractivity contribution >= 4 is 10.2 Å². The van der Waals surface area contributed by atoms with Crippen LogP contribution in [0.15, 0.2) is 0 Å². The van der Waals surface area contributed by atoms with Crippen LogP contribution in [0.1, 0.15) is 26.7 Å². The zero-order valence-electron chi connectivity index (χ0n) is 14.5. The fraction of sp³-hybridized carbons (Fsp3) is 1.00. The van der Waals surface area contributed by atoms with E-state index in [2.05, 4.69) is 23.6 Å². The van der Waals surface area contributed by atoms with Crippen LogP contribution in [0.4, 0.5) is 0 Å². The van der Waals surface area contributed by atoms with Crippen LogP contribution in [0.3, 0.4) is 0 Å². The molecule has 2 aliphatic heterocycles. The Bertz CT molecular complexity index is 442. The molecule has 8 heteroatoms. The third kappa shape index (κ3) is 5.11. The fourth-order valence-corrected chi connectivity index (χ4v) is 5.03. The molecule has 2 saturated heterocycles. The fourth-order valence-electron chi connectivity index (χ4n) is 3.36. The summed E-state index contributed by atoms with van der Waals surface area (Å²) in [6.45, 7) is 11.1. The molecule has 0 aromatic heterocycles. The molecule has 0 unspecified atom stereocenters. The van der Waals surface area contributed by atoms with Crippen LogP contribution in [-0.4, -0.2) is 103 Å². The molecule has 0 bridgehead atoms. The van der Waals surface area contributed by atoms with Crippen molar-refractivity contribution in [2.24, 2.45) is 0 Å². The lowest BCUT2D eigenvalue weighted by molar-refractivity contribution is 0.0640. The molecule has 0 aliphatic carbocycles. The summed E-state index contributed by atoms with van der Waals surface area (Å²) >= 11 is 0. The van der Waals surface area contributed by atoms with Gasteiger partial charge in [-0.2, -0.15) is 17.0 Å². The second-order valence-electron chi connectivity index (χ2n) is 6.45. The maximum Gasteiger partial charge on any atom is 0.282 e. The van der Waals surface area contributed by atoms with Crippen molar-refractivity contribution in [2.45, 2.75) is 32.8 Å². The van der Waals surface area contributed by atoms with Crippen LogP contribution in [0.2, 0.25) is 0 Å². The number of β-amino-alcohol motifs (C(OH)–C–C–N with tert-alkyl or cyclic N) is 1. The molecular formula is C15H32N4O3S. The highest BCUT2D eigenvalue weighted by Crippen LogP contribution is 2.18. The Labute approximate surface area is 141 Å². The second-order valence-corrected chi connectivity index (χ2v) is 8.38. The van der Waals surface area contributed by atoms with E-state index in [1.165, 1.54) is 0 Å². The van der Waals surface area contributed by atoms with Crippen molar-refractivity contribution in [3.8, 4) is 0 Å². The van der Waals surface area contributed by atoms with Crippen LogP contribution in [0.5, 0.6) is 0 Å². The molecule has 0 radical (unpaired) electrons. The van der Waals surface area contributed by atoms with Gasteiger partial charge in [-0.25, -0.2) is 0 Å². The van der Waals surface area contributed by atoms with Crippen molar-refractivity contribution < 1.29 is 13.5 Å². The average Bonchev–Trinajstić information content (AvgIpc) is 3.08. The van der Waals surface area contributed by atoms with Crippen LogP contribution in [0, 0.1) is 0 Å². The predicted molar refractivity (Wildman–Crippen MR) is 91.5 cm³/mol. The first-order valence-corrected chi connectivity index (χ1v) is 10.2. The summed E-state index contributed by atoms with van der Waals surface area (Å²) in [6, 6.07) is 0. The van der Waals surface area contributed by atoms with Gasteiger partial charge in [-0.3, -0.25) is 4.90 Å². The maximum atomic E-state index is 12.5. The van der Waals surface area contributed by atoms with Gasteiger partial charge in [0.15, 0.2) is 0 Å². The largest absolute Gasteiger partial charge is 0.390 e. The average molecular weight is 349 g/mol. The third-order valence-electron chi connectivity index (χ3n) is 4.88. The molecule has 23 heavy (non-hydrogen) atoms. The summed E-state index contributed by atoms with van der Waals surface area (Å²) in [7, 11) is -3.27. The highest BCUT2D eigenvalue weighted by molar-refractivity contribution is 7.86. The maximum absolute atomic E-state index is 12.5. The Kier molecular flexibility index (Phi) is 7.24. The molecule has 0 aromatic rings. The van der Waals surface area contributed by atoms with Gasteiger partial charge in [0.05, 0.1) is 6.10 Å². The Balaban J connectivity index is 1.77. The van der Waals surface area contributed by atoms with Gasteiger partial charge in [-0.15, -0.1) is 0 Å². The lowest BCUT2D eigenvalue weighted by Crippen LogP contribution is -2.54. The summed E-state index contributed by atoms with van der Waals surface area (Å²) in [5.41, 5.74) is 0. The van der Waals surface area contributed by atoms with Crippen LogP contribution >= 0.6 is 0 Å². The van der Waals surface area contributed by atoms with E-state index in [-0.39, 0.29) is 6.10 Å². The van der Waals surface area contributed by atoms with E-state index in [4.69, 9.17) is 0 Å². The van der Waals surface area contributed by atoms with Gasteiger partial charge in [0, 0.05) is 52.4 Å². The van der Waals surface area contributed by atoms with Gasteiger partial charge in [0.1, 0.15) is 0 Å². The summed E-state index contributed by atoms with van der Waals surface area (Å²) in [6.07, 6.45) is 1.56. The molecule has 0 aromatic carbocycles. The molecule has 2 rings (SSSR count). The molecule has 2 fully saturated rings. The number of likely N-dealkylation sites (N-methyl/N-ethyl adjacent to an activating group) is 1. The summed E-state index contributed by atoms with van der Waals surface area (Å²) in [5.74, 6) is 0. The quantitative estimate of drug-likeness (QED) is 0.649. The Morgan fingerprint density at radius 2 is 1.48 bits per heavy atom. The van der Waals surface area contributed by atoms with E-state index in [1.807, 2.05) is 0 Å². The summed E-state index contributed by atoms with van der Waals surface area (Å²) in [5, 5.41) is 10.2. The molecule has 136 valence electrons. The topological polar surface area (TPSA) is 67.3 Å². The third-order valence-corrected chi connectivity index (χ3v) is 6.92. The standard InChI is InChI=1S/C15H32N4O3S/c1-3-16(4-2)13-15(20)14-17-9-11-19(12-10-17)23(21,22)18-7-5-6-8-18/h15,20H,3-14H2,1-2H3/t15-/m0/s1. The first kappa shape index (κ1) is 19.1. The molecule has 2 aliphatic rings. The van der Waals surface area contributed by atoms with Gasteiger partial charge < -0.3 is 10.0 Å². The first-order chi connectivity index (χ1) is 11.0. The monoisotopic (exact) mass is 348 g/mol. The molecule has 0 amide bonds. The van der Waals surface area contributed by atoms with Gasteiger partial charge in [0.25, 0.3) is 10.2 Å². The minimum Gasteiger partial charge on any atom is -0.390 e. The van der Waals surface area contributed by atoms with Crippen LogP contribution in [-0.2, 0) is 10.2 Å². The lowest BCUT2D eigenvalue weighted by atomic mass is 10.2. The molecule has 7 nitrogen and oxygen atoms in total. The minimum absolute atomic E-state index is 0.378. The lowest BCUT2D eigenvalue weighted by Gasteiger charge is -2.37. The SMILES string of the molecule is CCN(CC)C[C@H](O)CN1CCN(S(=O)(=O)N2CCCC2)CC1. The number of hydrogen-bond donors (Lipinski definition) is 1. The van der Waals surface area contributed by atoms with E-state index in [1.54, 1.807) is 8.61 Å². The molecule has 1 N–H and O–H groups in total. The Morgan fingerprint density at radius 1 is 0.957 bits per heavy atom. The number of aliphatic hydroxyl groups is 1. The summed E-state index contributed by atoms with van der Waals surface area (Å²) in [4.78, 5) is 4.38. The zero-order valence-corrected chi connectivity index (χ0v) is 15.3. The second kappa shape index (κ2) is 8.73. The zero-order chi connectivity index (χ0) is 16.9. The van der Waals surface area contributed by atoms with Crippen molar-refractivity contribution in [3.05, 3.63) is 0 Å². The minimum atomic E-state index is -3.27. The number of nitrogens with zero attached hydrogens (tertiary/aromatic N) is 4. The van der Waals surface area contributed by atoms with E-state index < -0.39 is 10.2 Å². The predicted octanol–water partition coefficient (Wildman–Crippen LogP) is -0.353. The molecule has 1 atom stereocenters. The number of rotatable bonds is 8. The van der Waals surface area contributed by atoms with Gasteiger partial charge >= 0.3 is 0 Å². The molecule has 0 saturated carbocycles. The molecule has 0 spiro atoms. The first-order valence-electron chi connectivity index (χ1n) is 8.85. The van der Waals surface area contributed by atoms with E-state index in [0.717, 1.165) is 25.9 Å². The van der Waals surface area contributed by atoms with Crippen molar-refractivity contribution in [1.82, 2.24) is 18.4 Å². The number of piperazine rings is 1. The van der Waals surface area contributed by atoms with Crippen molar-refractivity contribution in [2.75, 3.05) is 65.4 Å². The van der Waals surface area contributed by atoms with Gasteiger partial charge in [-0.1, -0.05) is 13.8 Å². The van der Waals surface area contributed by atoms with E-state index >= 15 is 0 Å². The number of hydrogen-bond acceptors (Lipinski definition) is 5. The van der Waals surface area contributed by atoms with Gasteiger partial charge in [0.2, 0.25) is 0 Å².